The van der Waals surface area contributed by atoms with Crippen molar-refractivity contribution in [3.63, 3.8) is 0 Å². The summed E-state index contributed by atoms with van der Waals surface area (Å²) >= 11 is 0. The van der Waals surface area contributed by atoms with Gasteiger partial charge in [-0.05, 0) is 59.5 Å². The number of carboxylic acid groups (broad SMARTS) is 1. The molecule has 0 aromatic heterocycles. The standard InChI is InChI=1S/C27H28N2O7/c1-34-22-13-17(14-23(15-22)35-2)16-36-21-9-7-19(8-10-21)18-3-5-20(6-4-18)26(31)29-24(27(32)33)11-12-25(28)30/h3-10,13-15,24H,11-12,16H2,1-2H3,(H2,28,30)(H,29,31)(H,32,33)/t24-/m0/s1. The monoisotopic (exact) mass is 492 g/mol. The van der Waals surface area contributed by atoms with Crippen molar-refractivity contribution in [2.75, 3.05) is 14.2 Å². The number of hydrogen-bond donors (Lipinski definition) is 3. The third-order valence-corrected chi connectivity index (χ3v) is 5.43. The lowest BCUT2D eigenvalue weighted by Crippen LogP contribution is -2.41. The lowest BCUT2D eigenvalue weighted by molar-refractivity contribution is -0.139. The maximum atomic E-state index is 12.4. The largest absolute Gasteiger partial charge is 0.497 e. The van der Waals surface area contributed by atoms with Gasteiger partial charge < -0.3 is 30.4 Å². The summed E-state index contributed by atoms with van der Waals surface area (Å²) in [5, 5.41) is 11.7. The van der Waals surface area contributed by atoms with Gasteiger partial charge in [0.05, 0.1) is 14.2 Å². The summed E-state index contributed by atoms with van der Waals surface area (Å²) < 4.78 is 16.4. The predicted octanol–water partition coefficient (Wildman–Crippen LogP) is 3.40. The van der Waals surface area contributed by atoms with Crippen LogP contribution in [0.3, 0.4) is 0 Å². The molecule has 0 radical (unpaired) electrons. The Morgan fingerprint density at radius 2 is 1.42 bits per heavy atom. The summed E-state index contributed by atoms with van der Waals surface area (Å²) in [6, 6.07) is 18.6. The maximum absolute atomic E-state index is 12.4. The molecule has 3 rings (SSSR count). The second kappa shape index (κ2) is 12.3. The van der Waals surface area contributed by atoms with Crippen LogP contribution in [0.15, 0.2) is 66.7 Å². The van der Waals surface area contributed by atoms with Gasteiger partial charge in [-0.2, -0.15) is 0 Å². The number of aliphatic carboxylic acids is 1. The minimum Gasteiger partial charge on any atom is -0.497 e. The molecule has 0 aliphatic rings. The molecule has 4 N–H and O–H groups in total. The molecule has 0 aliphatic carbocycles. The number of methoxy groups -OCH3 is 2. The van der Waals surface area contributed by atoms with Crippen molar-refractivity contribution in [1.29, 1.82) is 0 Å². The molecule has 0 saturated heterocycles. The van der Waals surface area contributed by atoms with Gasteiger partial charge in [-0.25, -0.2) is 4.79 Å². The molecule has 0 spiro atoms. The molecule has 188 valence electrons. The molecule has 9 nitrogen and oxygen atoms in total. The van der Waals surface area contributed by atoms with Gasteiger partial charge in [0.25, 0.3) is 5.91 Å². The Hall–Kier alpha value is -4.53. The molecule has 1 atom stereocenters. The highest BCUT2D eigenvalue weighted by molar-refractivity contribution is 5.97. The van der Waals surface area contributed by atoms with Crippen LogP contribution in [0.5, 0.6) is 17.2 Å². The highest BCUT2D eigenvalue weighted by atomic mass is 16.5. The summed E-state index contributed by atoms with van der Waals surface area (Å²) in [6.07, 6.45) is -0.210. The van der Waals surface area contributed by atoms with Gasteiger partial charge in [0.15, 0.2) is 0 Å². The Morgan fingerprint density at radius 3 is 1.92 bits per heavy atom. The number of carbonyl (C=O) groups excluding carboxylic acids is 2. The zero-order chi connectivity index (χ0) is 26.1. The van der Waals surface area contributed by atoms with Gasteiger partial charge in [-0.1, -0.05) is 24.3 Å². The summed E-state index contributed by atoms with van der Waals surface area (Å²) in [4.78, 5) is 34.7. The average Bonchev–Trinajstić information content (AvgIpc) is 2.89. The maximum Gasteiger partial charge on any atom is 0.326 e. The normalized spacial score (nSPS) is 11.3. The lowest BCUT2D eigenvalue weighted by Gasteiger charge is -2.14. The third kappa shape index (κ3) is 7.23. The van der Waals surface area contributed by atoms with E-state index in [0.29, 0.717) is 29.4 Å². The minimum atomic E-state index is -1.23. The highest BCUT2D eigenvalue weighted by Gasteiger charge is 2.21. The Bertz CT molecular complexity index is 1190. The fourth-order valence-electron chi connectivity index (χ4n) is 3.46. The molecule has 0 bridgehead atoms. The molecule has 0 heterocycles. The second-order valence-corrected chi connectivity index (χ2v) is 7.98. The van der Waals surface area contributed by atoms with Gasteiger partial charge in [-0.15, -0.1) is 0 Å². The van der Waals surface area contributed by atoms with E-state index >= 15 is 0 Å². The predicted molar refractivity (Wildman–Crippen MR) is 133 cm³/mol. The number of benzene rings is 3. The summed E-state index contributed by atoms with van der Waals surface area (Å²) in [6.45, 7) is 0.341. The average molecular weight is 493 g/mol. The SMILES string of the molecule is COc1cc(COc2ccc(-c3ccc(C(=O)N[C@@H](CCC(N)=O)C(=O)O)cc3)cc2)cc(OC)c1. The lowest BCUT2D eigenvalue weighted by atomic mass is 10.0. The van der Waals surface area contributed by atoms with E-state index in [0.717, 1.165) is 16.7 Å². The first kappa shape index (κ1) is 26.1. The van der Waals surface area contributed by atoms with E-state index in [-0.39, 0.29) is 12.8 Å². The molecule has 9 heteroatoms. The van der Waals surface area contributed by atoms with Crippen LogP contribution in [0, 0.1) is 0 Å². The smallest absolute Gasteiger partial charge is 0.326 e. The number of amides is 2. The van der Waals surface area contributed by atoms with Crippen LogP contribution >= 0.6 is 0 Å². The van der Waals surface area contributed by atoms with E-state index in [1.165, 1.54) is 0 Å². The van der Waals surface area contributed by atoms with Gasteiger partial charge >= 0.3 is 5.97 Å². The van der Waals surface area contributed by atoms with Crippen molar-refractivity contribution in [1.82, 2.24) is 5.32 Å². The van der Waals surface area contributed by atoms with E-state index in [1.807, 2.05) is 36.4 Å². The van der Waals surface area contributed by atoms with Crippen LogP contribution in [0.2, 0.25) is 0 Å². The minimum absolute atomic E-state index is 0.0751. The van der Waals surface area contributed by atoms with Crippen molar-refractivity contribution in [3.8, 4) is 28.4 Å². The molecule has 0 aliphatic heterocycles. The molecular weight excluding hydrogens is 464 g/mol. The summed E-state index contributed by atoms with van der Waals surface area (Å²) in [7, 11) is 3.19. The number of primary amides is 1. The van der Waals surface area contributed by atoms with Crippen LogP contribution in [-0.2, 0) is 16.2 Å². The zero-order valence-corrected chi connectivity index (χ0v) is 20.0. The van der Waals surface area contributed by atoms with E-state index < -0.39 is 23.8 Å². The number of ether oxygens (including phenoxy) is 3. The summed E-state index contributed by atoms with van der Waals surface area (Å²) in [5.41, 5.74) is 8.07. The number of rotatable bonds is 12. The van der Waals surface area contributed by atoms with Crippen LogP contribution in [0.1, 0.15) is 28.8 Å². The molecule has 2 amide bonds. The van der Waals surface area contributed by atoms with E-state index in [4.69, 9.17) is 19.9 Å². The van der Waals surface area contributed by atoms with E-state index in [9.17, 15) is 19.5 Å². The van der Waals surface area contributed by atoms with Gasteiger partial charge in [0.2, 0.25) is 5.91 Å². The Labute approximate surface area is 208 Å². The van der Waals surface area contributed by atoms with Crippen molar-refractivity contribution in [2.45, 2.75) is 25.5 Å². The molecule has 3 aromatic rings. The quantitative estimate of drug-likeness (QED) is 0.352. The fraction of sp³-hybridized carbons (Fsp3) is 0.222. The number of nitrogens with two attached hydrogens (primary N) is 1. The number of carbonyl (C=O) groups is 3. The molecule has 0 saturated carbocycles. The Balaban J connectivity index is 1.61. The van der Waals surface area contributed by atoms with Crippen molar-refractivity contribution in [3.05, 3.63) is 77.9 Å². The summed E-state index contributed by atoms with van der Waals surface area (Å²) in [5.74, 6) is -0.344. The first-order chi connectivity index (χ1) is 17.3. The van der Waals surface area contributed by atoms with Crippen LogP contribution in [0.4, 0.5) is 0 Å². The van der Waals surface area contributed by atoms with Gasteiger partial charge in [-0.3, -0.25) is 9.59 Å². The van der Waals surface area contributed by atoms with Crippen molar-refractivity contribution >= 4 is 17.8 Å². The molecular formula is C27H28N2O7. The third-order valence-electron chi connectivity index (χ3n) is 5.43. The van der Waals surface area contributed by atoms with Crippen molar-refractivity contribution in [2.24, 2.45) is 5.73 Å². The molecule has 0 fully saturated rings. The Kier molecular flexibility index (Phi) is 8.88. The first-order valence-corrected chi connectivity index (χ1v) is 11.2. The van der Waals surface area contributed by atoms with Crippen LogP contribution in [0.25, 0.3) is 11.1 Å². The molecule has 3 aromatic carbocycles. The number of hydrogen-bond acceptors (Lipinski definition) is 6. The van der Waals surface area contributed by atoms with Crippen LogP contribution in [-0.4, -0.2) is 43.2 Å². The molecule has 36 heavy (non-hydrogen) atoms. The number of carboxylic acids is 1. The second-order valence-electron chi connectivity index (χ2n) is 7.98. The zero-order valence-electron chi connectivity index (χ0n) is 20.0. The van der Waals surface area contributed by atoms with E-state index in [1.54, 1.807) is 44.6 Å². The fourth-order valence-corrected chi connectivity index (χ4v) is 3.46. The van der Waals surface area contributed by atoms with Gasteiger partial charge in [0, 0.05) is 18.1 Å². The topological polar surface area (TPSA) is 137 Å². The highest BCUT2D eigenvalue weighted by Crippen LogP contribution is 2.26. The van der Waals surface area contributed by atoms with Gasteiger partial charge in [0.1, 0.15) is 29.9 Å². The van der Waals surface area contributed by atoms with E-state index in [2.05, 4.69) is 5.32 Å². The number of nitrogens with one attached hydrogen (secondary N) is 1. The molecule has 0 unspecified atom stereocenters. The van der Waals surface area contributed by atoms with Crippen LogP contribution < -0.4 is 25.3 Å². The van der Waals surface area contributed by atoms with Crippen molar-refractivity contribution < 1.29 is 33.7 Å². The Morgan fingerprint density at radius 1 is 0.861 bits per heavy atom. The first-order valence-electron chi connectivity index (χ1n) is 11.2.